The van der Waals surface area contributed by atoms with Crippen molar-refractivity contribution in [3.05, 3.63) is 65.7 Å². The number of aryl methyl sites for hydroxylation is 1. The first kappa shape index (κ1) is 25.5. The van der Waals surface area contributed by atoms with Crippen LogP contribution in [0.1, 0.15) is 30.4 Å². The molecule has 7 heteroatoms. The predicted octanol–water partition coefficient (Wildman–Crippen LogP) is 2.92. The van der Waals surface area contributed by atoms with Crippen molar-refractivity contribution < 1.29 is 20.5 Å². The minimum atomic E-state index is -0.192. The number of benzene rings is 2. The van der Waals surface area contributed by atoms with Crippen LogP contribution in [0.25, 0.3) is 6.08 Å². The highest BCUT2D eigenvalue weighted by Gasteiger charge is 2.19. The maximum absolute atomic E-state index is 12.1. The third kappa shape index (κ3) is 8.06. The van der Waals surface area contributed by atoms with Crippen LogP contribution in [-0.2, 0) is 11.2 Å². The van der Waals surface area contributed by atoms with Crippen LogP contribution in [0.4, 0.5) is 0 Å². The zero-order valence-electron chi connectivity index (χ0n) is 17.0. The molecule has 2 aromatic rings. The topological polar surface area (TPSA) is 104 Å². The second kappa shape index (κ2) is 12.9. The Bertz CT molecular complexity index is 806. The van der Waals surface area contributed by atoms with E-state index in [0.717, 1.165) is 45.3 Å². The number of nitrogens with zero attached hydrogens (tertiary/aromatic N) is 1. The molecule has 1 heterocycles. The Hall–Kier alpha value is -2.54. The molecule has 6 nitrogen and oxygen atoms in total. The van der Waals surface area contributed by atoms with Crippen molar-refractivity contribution in [2.75, 3.05) is 19.6 Å². The molecule has 0 atom stereocenters. The number of likely N-dealkylation sites (tertiary alicyclic amines) is 1. The quantitative estimate of drug-likeness (QED) is 0.460. The summed E-state index contributed by atoms with van der Waals surface area (Å²) in [6.07, 6.45) is 7.29. The molecule has 2 aromatic carbocycles. The Kier molecular flexibility index (Phi) is 11.0. The third-order valence-electron chi connectivity index (χ3n) is 5.14. The van der Waals surface area contributed by atoms with Crippen LogP contribution in [0, 0.1) is 0 Å². The van der Waals surface area contributed by atoms with Crippen LogP contribution in [0.2, 0.25) is 0 Å². The minimum Gasteiger partial charge on any atom is -0.504 e. The Morgan fingerprint density at radius 2 is 1.77 bits per heavy atom. The van der Waals surface area contributed by atoms with Crippen molar-refractivity contribution in [2.45, 2.75) is 31.7 Å². The van der Waals surface area contributed by atoms with E-state index >= 15 is 0 Å². The van der Waals surface area contributed by atoms with Gasteiger partial charge in [0.05, 0.1) is 0 Å². The number of rotatable bonds is 7. The van der Waals surface area contributed by atoms with E-state index in [1.54, 1.807) is 12.1 Å². The van der Waals surface area contributed by atoms with Gasteiger partial charge in [0, 0.05) is 25.2 Å². The zero-order chi connectivity index (χ0) is 19.8. The average molecular weight is 435 g/mol. The highest BCUT2D eigenvalue weighted by atomic mass is 35.5. The molecule has 1 fully saturated rings. The Labute approximate surface area is 184 Å². The number of carbonyl (C=O) groups excluding carboxylic acids is 1. The molecule has 1 amide bonds. The van der Waals surface area contributed by atoms with Gasteiger partial charge in [-0.05, 0) is 61.6 Å². The standard InChI is InChI=1S/C23H28N2O3.ClH.H2O/c26-21-10-8-19(17-22(21)27)9-11-23(28)24-20-12-15-25(16-13-20)14-4-7-18-5-2-1-3-6-18;;/h1-3,5-6,8-11,17,20,26-27H,4,7,12-16H2,(H,24,28);1H;1H2. The summed E-state index contributed by atoms with van der Waals surface area (Å²) in [5.41, 5.74) is 2.05. The second-order valence-electron chi connectivity index (χ2n) is 7.30. The van der Waals surface area contributed by atoms with E-state index in [9.17, 15) is 15.0 Å². The molecule has 164 valence electrons. The van der Waals surface area contributed by atoms with Crippen LogP contribution >= 0.6 is 12.4 Å². The molecular weight excluding hydrogens is 404 g/mol. The first-order chi connectivity index (χ1) is 13.6. The summed E-state index contributed by atoms with van der Waals surface area (Å²) in [4.78, 5) is 14.6. The fourth-order valence-electron chi connectivity index (χ4n) is 3.52. The lowest BCUT2D eigenvalue weighted by atomic mass is 10.0. The summed E-state index contributed by atoms with van der Waals surface area (Å²) in [7, 11) is 0. The van der Waals surface area contributed by atoms with Gasteiger partial charge >= 0.3 is 0 Å². The van der Waals surface area contributed by atoms with E-state index in [2.05, 4.69) is 34.5 Å². The summed E-state index contributed by atoms with van der Waals surface area (Å²) in [6, 6.07) is 15.2. The van der Waals surface area contributed by atoms with E-state index in [4.69, 9.17) is 0 Å². The van der Waals surface area contributed by atoms with Gasteiger partial charge in [0.2, 0.25) is 5.91 Å². The maximum Gasteiger partial charge on any atom is 0.244 e. The Balaban J connectivity index is 0.00000225. The van der Waals surface area contributed by atoms with E-state index < -0.39 is 0 Å². The van der Waals surface area contributed by atoms with Crippen LogP contribution in [0.3, 0.4) is 0 Å². The first-order valence-corrected chi connectivity index (χ1v) is 9.87. The highest BCUT2D eigenvalue weighted by molar-refractivity contribution is 5.92. The monoisotopic (exact) mass is 434 g/mol. The molecule has 0 radical (unpaired) electrons. The van der Waals surface area contributed by atoms with Gasteiger partial charge in [0.15, 0.2) is 11.5 Å². The summed E-state index contributed by atoms with van der Waals surface area (Å²) >= 11 is 0. The average Bonchev–Trinajstić information content (AvgIpc) is 2.71. The number of hydrogen-bond donors (Lipinski definition) is 3. The van der Waals surface area contributed by atoms with Crippen molar-refractivity contribution in [1.82, 2.24) is 10.2 Å². The fraction of sp³-hybridized carbons (Fsp3) is 0.348. The van der Waals surface area contributed by atoms with Crippen LogP contribution < -0.4 is 5.32 Å². The minimum absolute atomic E-state index is 0. The number of piperidine rings is 1. The lowest BCUT2D eigenvalue weighted by Gasteiger charge is -2.32. The lowest BCUT2D eigenvalue weighted by Crippen LogP contribution is -2.44. The van der Waals surface area contributed by atoms with Crippen molar-refractivity contribution in [2.24, 2.45) is 0 Å². The molecule has 1 aliphatic rings. The summed E-state index contributed by atoms with van der Waals surface area (Å²) < 4.78 is 0. The van der Waals surface area contributed by atoms with E-state index in [-0.39, 0.29) is 41.3 Å². The van der Waals surface area contributed by atoms with Gasteiger partial charge in [-0.2, -0.15) is 0 Å². The van der Waals surface area contributed by atoms with Crippen LogP contribution in [0.15, 0.2) is 54.6 Å². The highest BCUT2D eigenvalue weighted by Crippen LogP contribution is 2.25. The molecule has 0 aliphatic carbocycles. The predicted molar refractivity (Wildman–Crippen MR) is 122 cm³/mol. The van der Waals surface area contributed by atoms with Gasteiger partial charge < -0.3 is 25.9 Å². The molecular formula is C23H31ClN2O4. The smallest absolute Gasteiger partial charge is 0.244 e. The van der Waals surface area contributed by atoms with Gasteiger partial charge in [0.25, 0.3) is 0 Å². The number of phenols is 2. The maximum atomic E-state index is 12.1. The number of aromatic hydroxyl groups is 2. The van der Waals surface area contributed by atoms with E-state index in [0.29, 0.717) is 5.56 Å². The Morgan fingerprint density at radius 1 is 1.07 bits per heavy atom. The van der Waals surface area contributed by atoms with Crippen molar-refractivity contribution >= 4 is 24.4 Å². The molecule has 5 N–H and O–H groups in total. The number of amides is 1. The van der Waals surface area contributed by atoms with Gasteiger partial charge in [0.1, 0.15) is 0 Å². The normalized spacial score (nSPS) is 14.7. The number of halogens is 1. The summed E-state index contributed by atoms with van der Waals surface area (Å²) in [5.74, 6) is -0.491. The van der Waals surface area contributed by atoms with Gasteiger partial charge in [-0.15, -0.1) is 12.4 Å². The van der Waals surface area contributed by atoms with E-state index in [1.165, 1.54) is 23.8 Å². The molecule has 0 aromatic heterocycles. The molecule has 1 aliphatic heterocycles. The van der Waals surface area contributed by atoms with Gasteiger partial charge in [-0.1, -0.05) is 36.4 Å². The van der Waals surface area contributed by atoms with E-state index in [1.807, 2.05) is 6.07 Å². The molecule has 0 spiro atoms. The first-order valence-electron chi connectivity index (χ1n) is 9.87. The molecule has 0 unspecified atom stereocenters. The molecule has 30 heavy (non-hydrogen) atoms. The SMILES string of the molecule is Cl.O.O=C(C=Cc1ccc(O)c(O)c1)NC1CCN(CCCc2ccccc2)CC1. The van der Waals surface area contributed by atoms with Crippen LogP contribution in [0.5, 0.6) is 11.5 Å². The number of carbonyl (C=O) groups is 1. The Morgan fingerprint density at radius 3 is 2.43 bits per heavy atom. The largest absolute Gasteiger partial charge is 0.504 e. The third-order valence-corrected chi connectivity index (χ3v) is 5.14. The van der Waals surface area contributed by atoms with Gasteiger partial charge in [-0.3, -0.25) is 4.79 Å². The lowest BCUT2D eigenvalue weighted by molar-refractivity contribution is -0.117. The molecule has 0 bridgehead atoms. The number of phenolic OH excluding ortho intramolecular Hbond substituents is 2. The zero-order valence-corrected chi connectivity index (χ0v) is 17.8. The molecule has 0 saturated carbocycles. The van der Waals surface area contributed by atoms with Gasteiger partial charge in [-0.25, -0.2) is 0 Å². The van der Waals surface area contributed by atoms with Crippen LogP contribution in [-0.4, -0.2) is 52.2 Å². The van der Waals surface area contributed by atoms with Crippen molar-refractivity contribution in [3.8, 4) is 11.5 Å². The number of hydrogen-bond acceptors (Lipinski definition) is 4. The molecule has 1 saturated heterocycles. The second-order valence-corrected chi connectivity index (χ2v) is 7.30. The summed E-state index contributed by atoms with van der Waals surface area (Å²) in [5, 5.41) is 21.9. The molecule has 3 rings (SSSR count). The number of nitrogens with one attached hydrogen (secondary N) is 1. The summed E-state index contributed by atoms with van der Waals surface area (Å²) in [6.45, 7) is 3.12. The fourth-order valence-corrected chi connectivity index (χ4v) is 3.52. The van der Waals surface area contributed by atoms with Crippen molar-refractivity contribution in [3.63, 3.8) is 0 Å². The van der Waals surface area contributed by atoms with Crippen molar-refractivity contribution in [1.29, 1.82) is 0 Å².